The van der Waals surface area contributed by atoms with Crippen LogP contribution in [0.25, 0.3) is 0 Å². The Kier molecular flexibility index (Phi) is 4.43. The summed E-state index contributed by atoms with van der Waals surface area (Å²) < 4.78 is 27.7. The van der Waals surface area contributed by atoms with Crippen molar-refractivity contribution in [2.24, 2.45) is 7.05 Å². The monoisotopic (exact) mass is 348 g/mol. The number of aromatic nitrogens is 1. The number of carbonyl (C=O) groups is 1. The van der Waals surface area contributed by atoms with Gasteiger partial charge in [0.15, 0.2) is 0 Å². The number of aromatic carboxylic acids is 1. The fourth-order valence-corrected chi connectivity index (χ4v) is 4.30. The highest BCUT2D eigenvalue weighted by molar-refractivity contribution is 7.89. The molecule has 0 radical (unpaired) electrons. The molecule has 2 aromatic rings. The quantitative estimate of drug-likeness (QED) is 0.898. The first kappa shape index (κ1) is 16.0. The number of nitrogens with zero attached hydrogens (tertiary/aromatic N) is 2. The van der Waals surface area contributed by atoms with Gasteiger partial charge in [0.05, 0.1) is 16.5 Å². The smallest absolute Gasteiger partial charge is 0.345 e. The molecule has 2 aromatic heterocycles. The molecule has 0 spiro atoms. The van der Waals surface area contributed by atoms with Crippen LogP contribution in [0, 0.1) is 0 Å². The van der Waals surface area contributed by atoms with Crippen molar-refractivity contribution in [3.8, 4) is 0 Å². The first-order valence-electron chi connectivity index (χ1n) is 5.80. The van der Waals surface area contributed by atoms with Crippen LogP contribution in [0.4, 0.5) is 0 Å². The minimum atomic E-state index is -3.73. The second-order valence-electron chi connectivity index (χ2n) is 4.47. The van der Waals surface area contributed by atoms with Crippen molar-refractivity contribution in [1.29, 1.82) is 0 Å². The molecule has 0 saturated heterocycles. The molecule has 0 aliphatic carbocycles. The molecule has 6 nitrogen and oxygen atoms in total. The minimum absolute atomic E-state index is 0.0103. The number of hydrogen-bond acceptors (Lipinski definition) is 4. The number of rotatable bonds is 5. The number of carboxylic acids is 1. The van der Waals surface area contributed by atoms with E-state index in [2.05, 4.69) is 0 Å². The second kappa shape index (κ2) is 5.80. The molecule has 0 aliphatic heterocycles. The third-order valence-electron chi connectivity index (χ3n) is 2.95. The van der Waals surface area contributed by atoms with Gasteiger partial charge in [0.25, 0.3) is 0 Å². The van der Waals surface area contributed by atoms with Crippen LogP contribution in [0.2, 0.25) is 5.02 Å². The molecule has 0 bridgehead atoms. The maximum atomic E-state index is 12.4. The van der Waals surface area contributed by atoms with E-state index < -0.39 is 16.0 Å². The zero-order valence-electron chi connectivity index (χ0n) is 11.3. The number of carboxylic acid groups (broad SMARTS) is 1. The van der Waals surface area contributed by atoms with Gasteiger partial charge in [0.1, 0.15) is 4.88 Å². The average molecular weight is 349 g/mol. The van der Waals surface area contributed by atoms with Crippen molar-refractivity contribution in [3.63, 3.8) is 0 Å². The van der Waals surface area contributed by atoms with E-state index in [1.807, 2.05) is 0 Å². The van der Waals surface area contributed by atoms with Crippen molar-refractivity contribution < 1.29 is 18.3 Å². The molecule has 0 saturated carbocycles. The fourth-order valence-electron chi connectivity index (χ4n) is 1.78. The third-order valence-corrected chi connectivity index (χ3v) is 6.01. The summed E-state index contributed by atoms with van der Waals surface area (Å²) in [6.07, 6.45) is 1.68. The molecule has 0 aliphatic rings. The summed E-state index contributed by atoms with van der Waals surface area (Å²) in [7, 11) is -0.522. The van der Waals surface area contributed by atoms with Gasteiger partial charge in [-0.2, -0.15) is 4.31 Å². The van der Waals surface area contributed by atoms with E-state index in [1.54, 1.807) is 23.9 Å². The molecule has 0 amide bonds. The predicted octanol–water partition coefficient (Wildman–Crippen LogP) is 2.26. The van der Waals surface area contributed by atoms with E-state index in [0.29, 0.717) is 5.02 Å². The molecule has 0 fully saturated rings. The Balaban J connectivity index is 2.25. The van der Waals surface area contributed by atoms with Crippen LogP contribution >= 0.6 is 22.9 Å². The Morgan fingerprint density at radius 2 is 2.14 bits per heavy atom. The summed E-state index contributed by atoms with van der Waals surface area (Å²) >= 11 is 6.75. The van der Waals surface area contributed by atoms with E-state index in [1.165, 1.54) is 12.4 Å². The number of thiophene rings is 1. The molecular formula is C12H13ClN2O4S2. The lowest BCUT2D eigenvalue weighted by molar-refractivity contribution is 0.0702. The zero-order valence-corrected chi connectivity index (χ0v) is 13.7. The van der Waals surface area contributed by atoms with Crippen molar-refractivity contribution in [2.75, 3.05) is 7.05 Å². The molecule has 9 heteroatoms. The lowest BCUT2D eigenvalue weighted by atomic mass is 10.4. The van der Waals surface area contributed by atoms with Gasteiger partial charge in [0, 0.05) is 31.4 Å². The molecule has 0 unspecified atom stereocenters. The summed E-state index contributed by atoms with van der Waals surface area (Å²) in [5.41, 5.74) is 0.736. The topological polar surface area (TPSA) is 79.6 Å². The summed E-state index contributed by atoms with van der Waals surface area (Å²) in [5, 5.41) is 10.7. The van der Waals surface area contributed by atoms with E-state index >= 15 is 0 Å². The Morgan fingerprint density at radius 1 is 1.48 bits per heavy atom. The molecule has 2 heterocycles. The number of hydrogen-bond donors (Lipinski definition) is 1. The average Bonchev–Trinajstić information content (AvgIpc) is 2.97. The van der Waals surface area contributed by atoms with Crippen molar-refractivity contribution >= 4 is 38.9 Å². The summed E-state index contributed by atoms with van der Waals surface area (Å²) in [4.78, 5) is 10.8. The molecule has 114 valence electrons. The van der Waals surface area contributed by atoms with Gasteiger partial charge in [-0.25, -0.2) is 13.2 Å². The van der Waals surface area contributed by atoms with Crippen LogP contribution in [0.3, 0.4) is 0 Å². The van der Waals surface area contributed by atoms with Crippen molar-refractivity contribution in [1.82, 2.24) is 8.87 Å². The van der Waals surface area contributed by atoms with Gasteiger partial charge in [-0.05, 0) is 12.1 Å². The van der Waals surface area contributed by atoms with Gasteiger partial charge >= 0.3 is 5.97 Å². The second-order valence-corrected chi connectivity index (χ2v) is 7.87. The lowest BCUT2D eigenvalue weighted by Crippen LogP contribution is -2.27. The fraction of sp³-hybridized carbons (Fsp3) is 0.250. The number of sulfonamides is 1. The highest BCUT2D eigenvalue weighted by Gasteiger charge is 2.24. The van der Waals surface area contributed by atoms with Crippen LogP contribution < -0.4 is 0 Å². The third kappa shape index (κ3) is 3.29. The van der Waals surface area contributed by atoms with E-state index in [0.717, 1.165) is 27.4 Å². The van der Waals surface area contributed by atoms with E-state index in [4.69, 9.17) is 16.7 Å². The first-order valence-corrected chi connectivity index (χ1v) is 8.50. The van der Waals surface area contributed by atoms with Crippen molar-refractivity contribution in [3.05, 3.63) is 39.3 Å². The Hall–Kier alpha value is -1.35. The standard InChI is InChI=1S/C12H13ClN2O4S2/c1-14-5-8(13)3-9(14)6-15(2)21(18,19)10-4-11(12(16)17)20-7-10/h3-5,7H,6H2,1-2H3,(H,16,17). The zero-order chi connectivity index (χ0) is 15.8. The molecular weight excluding hydrogens is 336 g/mol. The van der Waals surface area contributed by atoms with Gasteiger partial charge in [-0.3, -0.25) is 0 Å². The van der Waals surface area contributed by atoms with E-state index in [9.17, 15) is 13.2 Å². The van der Waals surface area contributed by atoms with Crippen LogP contribution in [-0.2, 0) is 23.6 Å². The van der Waals surface area contributed by atoms with Crippen LogP contribution in [0.1, 0.15) is 15.4 Å². The number of aryl methyl sites for hydroxylation is 1. The maximum Gasteiger partial charge on any atom is 0.345 e. The summed E-state index contributed by atoms with van der Waals surface area (Å²) in [6.45, 7) is 0.143. The normalized spacial score (nSPS) is 12.0. The van der Waals surface area contributed by atoms with Gasteiger partial charge < -0.3 is 9.67 Å². The summed E-state index contributed by atoms with van der Waals surface area (Å²) in [5.74, 6) is -1.14. The molecule has 0 atom stereocenters. The predicted molar refractivity (Wildman–Crippen MR) is 80.4 cm³/mol. The van der Waals surface area contributed by atoms with Crippen LogP contribution in [0.15, 0.2) is 28.6 Å². The molecule has 2 rings (SSSR count). The van der Waals surface area contributed by atoms with Gasteiger partial charge in [0.2, 0.25) is 10.0 Å². The largest absolute Gasteiger partial charge is 0.477 e. The van der Waals surface area contributed by atoms with Gasteiger partial charge in [-0.15, -0.1) is 11.3 Å². The van der Waals surface area contributed by atoms with Crippen molar-refractivity contribution in [2.45, 2.75) is 11.4 Å². The van der Waals surface area contributed by atoms with Crippen LogP contribution in [-0.4, -0.2) is 35.4 Å². The highest BCUT2D eigenvalue weighted by atomic mass is 35.5. The Bertz CT molecular complexity index is 779. The lowest BCUT2D eigenvalue weighted by Gasteiger charge is -2.16. The molecule has 21 heavy (non-hydrogen) atoms. The highest BCUT2D eigenvalue weighted by Crippen LogP contribution is 2.24. The molecule has 1 N–H and O–H groups in total. The first-order chi connectivity index (χ1) is 9.71. The number of halogens is 1. The minimum Gasteiger partial charge on any atom is -0.477 e. The molecule has 0 aromatic carbocycles. The van der Waals surface area contributed by atoms with E-state index in [-0.39, 0.29) is 16.3 Å². The Labute approximate surface area is 131 Å². The Morgan fingerprint density at radius 3 is 2.62 bits per heavy atom. The maximum absolute atomic E-state index is 12.4. The van der Waals surface area contributed by atoms with Gasteiger partial charge in [-0.1, -0.05) is 11.6 Å². The summed E-state index contributed by atoms with van der Waals surface area (Å²) in [6, 6.07) is 2.85. The SMILES string of the molecule is CN(Cc1cc(Cl)cn1C)S(=O)(=O)c1csc(C(=O)O)c1. The van der Waals surface area contributed by atoms with Crippen LogP contribution in [0.5, 0.6) is 0 Å².